The average molecular weight is 301 g/mol. The van der Waals surface area contributed by atoms with E-state index < -0.39 is 0 Å². The summed E-state index contributed by atoms with van der Waals surface area (Å²) >= 11 is 0. The molecule has 0 aromatic carbocycles. The third kappa shape index (κ3) is 2.70. The second-order valence-electron chi connectivity index (χ2n) is 6.70. The Bertz CT molecular complexity index is 559. The van der Waals surface area contributed by atoms with Crippen LogP contribution in [0.25, 0.3) is 0 Å². The highest BCUT2D eigenvalue weighted by atomic mass is 16.5. The molecule has 2 aliphatic heterocycles. The van der Waals surface area contributed by atoms with Crippen molar-refractivity contribution in [2.24, 2.45) is 5.92 Å². The van der Waals surface area contributed by atoms with Crippen molar-refractivity contribution in [1.82, 2.24) is 9.88 Å². The van der Waals surface area contributed by atoms with Crippen LogP contribution in [0.3, 0.4) is 0 Å². The van der Waals surface area contributed by atoms with E-state index in [0.29, 0.717) is 18.1 Å². The highest BCUT2D eigenvalue weighted by Crippen LogP contribution is 2.29. The van der Waals surface area contributed by atoms with Crippen molar-refractivity contribution < 1.29 is 9.53 Å². The highest BCUT2D eigenvalue weighted by molar-refractivity contribution is 5.94. The topological polar surface area (TPSA) is 54.5 Å². The summed E-state index contributed by atoms with van der Waals surface area (Å²) in [5, 5.41) is 3.41. The first-order valence-electron chi connectivity index (χ1n) is 8.43. The summed E-state index contributed by atoms with van der Waals surface area (Å²) in [6, 6.07) is 4.26. The Morgan fingerprint density at radius 1 is 1.32 bits per heavy atom. The maximum atomic E-state index is 12.7. The van der Waals surface area contributed by atoms with Gasteiger partial charge in [-0.3, -0.25) is 4.79 Å². The lowest BCUT2D eigenvalue weighted by molar-refractivity contribution is 0.0306. The van der Waals surface area contributed by atoms with Crippen molar-refractivity contribution in [2.75, 3.05) is 25.0 Å². The number of fused-ring (bicyclic) bond motifs is 1. The molecule has 2 atom stereocenters. The first-order chi connectivity index (χ1) is 10.8. The highest BCUT2D eigenvalue weighted by Gasteiger charge is 2.35. The molecule has 2 saturated heterocycles. The molecule has 1 N–H and O–H groups in total. The number of amides is 1. The van der Waals surface area contributed by atoms with Crippen molar-refractivity contribution in [2.45, 2.75) is 44.2 Å². The monoisotopic (exact) mass is 301 g/mol. The van der Waals surface area contributed by atoms with Gasteiger partial charge in [-0.2, -0.15) is 0 Å². The summed E-state index contributed by atoms with van der Waals surface area (Å²) < 4.78 is 5.71. The van der Waals surface area contributed by atoms with Crippen LogP contribution >= 0.6 is 0 Å². The molecule has 118 valence electrons. The SMILES string of the molecule is O=C(c1ccnc(NC2CCC2)c1)N1CC[C@@H]2OCC[C@@H]2C1. The van der Waals surface area contributed by atoms with E-state index in [1.165, 1.54) is 19.3 Å². The number of nitrogens with zero attached hydrogens (tertiary/aromatic N) is 2. The number of hydrogen-bond acceptors (Lipinski definition) is 4. The lowest BCUT2D eigenvalue weighted by atomic mass is 9.93. The minimum atomic E-state index is 0.129. The number of ether oxygens (including phenoxy) is 1. The van der Waals surface area contributed by atoms with Crippen molar-refractivity contribution in [3.05, 3.63) is 23.9 Å². The van der Waals surface area contributed by atoms with Gasteiger partial charge in [-0.15, -0.1) is 0 Å². The fourth-order valence-corrected chi connectivity index (χ4v) is 3.65. The van der Waals surface area contributed by atoms with Crippen LogP contribution < -0.4 is 5.32 Å². The van der Waals surface area contributed by atoms with Gasteiger partial charge >= 0.3 is 0 Å². The third-order valence-electron chi connectivity index (χ3n) is 5.24. The molecule has 5 nitrogen and oxygen atoms in total. The molecule has 3 aliphatic rings. The molecular formula is C17H23N3O2. The van der Waals surface area contributed by atoms with Gasteiger partial charge in [0.15, 0.2) is 0 Å². The van der Waals surface area contributed by atoms with Crippen molar-refractivity contribution in [3.8, 4) is 0 Å². The predicted octanol–water partition coefficient (Wildman–Crippen LogP) is 2.30. The molecule has 0 radical (unpaired) electrons. The summed E-state index contributed by atoms with van der Waals surface area (Å²) in [6.45, 7) is 2.48. The van der Waals surface area contributed by atoms with Gasteiger partial charge in [-0.05, 0) is 44.2 Å². The molecule has 1 saturated carbocycles. The molecule has 5 heteroatoms. The number of aromatic nitrogens is 1. The summed E-state index contributed by atoms with van der Waals surface area (Å²) in [5.74, 6) is 1.48. The Labute approximate surface area is 131 Å². The fourth-order valence-electron chi connectivity index (χ4n) is 3.65. The van der Waals surface area contributed by atoms with Gasteiger partial charge in [0.1, 0.15) is 5.82 Å². The van der Waals surface area contributed by atoms with E-state index in [9.17, 15) is 4.79 Å². The van der Waals surface area contributed by atoms with Crippen LogP contribution in [0.15, 0.2) is 18.3 Å². The Hall–Kier alpha value is -1.62. The predicted molar refractivity (Wildman–Crippen MR) is 83.9 cm³/mol. The molecule has 1 aliphatic carbocycles. The number of rotatable bonds is 3. The van der Waals surface area contributed by atoms with Crippen molar-refractivity contribution >= 4 is 11.7 Å². The molecule has 22 heavy (non-hydrogen) atoms. The smallest absolute Gasteiger partial charge is 0.254 e. The van der Waals surface area contributed by atoms with Gasteiger partial charge in [-0.1, -0.05) is 0 Å². The maximum absolute atomic E-state index is 12.7. The Morgan fingerprint density at radius 3 is 3.05 bits per heavy atom. The normalized spacial score (nSPS) is 28.1. The number of piperidine rings is 1. The van der Waals surface area contributed by atoms with Gasteiger partial charge in [-0.25, -0.2) is 4.98 Å². The van der Waals surface area contributed by atoms with E-state index in [-0.39, 0.29) is 5.91 Å². The molecular weight excluding hydrogens is 278 g/mol. The summed E-state index contributed by atoms with van der Waals surface area (Å²) in [4.78, 5) is 19.1. The molecule has 1 aromatic heterocycles. The molecule has 3 fully saturated rings. The Kier molecular flexibility index (Phi) is 3.74. The second-order valence-corrected chi connectivity index (χ2v) is 6.70. The minimum absolute atomic E-state index is 0.129. The number of carbonyl (C=O) groups excluding carboxylic acids is 1. The number of pyridine rings is 1. The first-order valence-corrected chi connectivity index (χ1v) is 8.43. The largest absolute Gasteiger partial charge is 0.378 e. The number of nitrogens with one attached hydrogen (secondary N) is 1. The molecule has 3 heterocycles. The lowest BCUT2D eigenvalue weighted by Gasteiger charge is -2.34. The maximum Gasteiger partial charge on any atom is 0.254 e. The van der Waals surface area contributed by atoms with E-state index >= 15 is 0 Å². The third-order valence-corrected chi connectivity index (χ3v) is 5.24. The Morgan fingerprint density at radius 2 is 2.23 bits per heavy atom. The molecule has 0 bridgehead atoms. The van der Waals surface area contributed by atoms with Crippen molar-refractivity contribution in [3.63, 3.8) is 0 Å². The van der Waals surface area contributed by atoms with Gasteiger partial charge in [0, 0.05) is 43.4 Å². The fraction of sp³-hybridized carbons (Fsp3) is 0.647. The van der Waals surface area contributed by atoms with Crippen LogP contribution in [0.4, 0.5) is 5.82 Å². The molecule has 4 rings (SSSR count). The second kappa shape index (κ2) is 5.88. The van der Waals surface area contributed by atoms with E-state index in [4.69, 9.17) is 4.74 Å². The molecule has 1 amide bonds. The number of likely N-dealkylation sites (tertiary alicyclic amines) is 1. The van der Waals surface area contributed by atoms with E-state index in [0.717, 1.165) is 43.9 Å². The lowest BCUT2D eigenvalue weighted by Crippen LogP contribution is -2.44. The van der Waals surface area contributed by atoms with Crippen LogP contribution in [0.2, 0.25) is 0 Å². The first kappa shape index (κ1) is 14.0. The van der Waals surface area contributed by atoms with Crippen LogP contribution in [0.5, 0.6) is 0 Å². The van der Waals surface area contributed by atoms with Crippen LogP contribution in [0, 0.1) is 5.92 Å². The minimum Gasteiger partial charge on any atom is -0.378 e. The molecule has 0 unspecified atom stereocenters. The Balaban J connectivity index is 1.44. The van der Waals surface area contributed by atoms with E-state index in [1.807, 2.05) is 17.0 Å². The van der Waals surface area contributed by atoms with Crippen LogP contribution in [-0.2, 0) is 4.74 Å². The van der Waals surface area contributed by atoms with Crippen LogP contribution in [-0.4, -0.2) is 47.6 Å². The van der Waals surface area contributed by atoms with Gasteiger partial charge in [0.05, 0.1) is 6.10 Å². The van der Waals surface area contributed by atoms with Crippen LogP contribution in [0.1, 0.15) is 42.5 Å². The van der Waals surface area contributed by atoms with Crippen molar-refractivity contribution in [1.29, 1.82) is 0 Å². The number of anilines is 1. The zero-order valence-electron chi connectivity index (χ0n) is 12.8. The summed E-state index contributed by atoms with van der Waals surface area (Å²) in [5.41, 5.74) is 0.745. The number of carbonyl (C=O) groups is 1. The quantitative estimate of drug-likeness (QED) is 0.931. The molecule has 1 aromatic rings. The van der Waals surface area contributed by atoms with Gasteiger partial charge in [0.25, 0.3) is 5.91 Å². The standard InChI is InChI=1S/C17H23N3O2/c21-17(20-8-5-15-13(11-20)6-9-22-15)12-4-7-18-16(10-12)19-14-2-1-3-14/h4,7,10,13-15H,1-3,5-6,8-9,11H2,(H,18,19)/t13-,15+/m1/s1. The summed E-state index contributed by atoms with van der Waals surface area (Å²) in [6.07, 6.45) is 7.85. The zero-order valence-corrected chi connectivity index (χ0v) is 12.8. The van der Waals surface area contributed by atoms with Gasteiger partial charge < -0.3 is 15.0 Å². The average Bonchev–Trinajstić information content (AvgIpc) is 2.98. The van der Waals surface area contributed by atoms with E-state index in [1.54, 1.807) is 6.20 Å². The number of hydrogen-bond donors (Lipinski definition) is 1. The van der Waals surface area contributed by atoms with E-state index in [2.05, 4.69) is 10.3 Å². The van der Waals surface area contributed by atoms with Gasteiger partial charge in [0.2, 0.25) is 0 Å². The zero-order chi connectivity index (χ0) is 14.9. The molecule has 0 spiro atoms. The summed E-state index contributed by atoms with van der Waals surface area (Å²) in [7, 11) is 0.